The van der Waals surface area contributed by atoms with Gasteiger partial charge in [0.25, 0.3) is 0 Å². The first kappa shape index (κ1) is 14.3. The van der Waals surface area contributed by atoms with E-state index in [1.807, 2.05) is 12.3 Å². The summed E-state index contributed by atoms with van der Waals surface area (Å²) >= 11 is 0. The fourth-order valence-corrected chi connectivity index (χ4v) is 3.27. The molecule has 0 aliphatic heterocycles. The highest BCUT2D eigenvalue weighted by Gasteiger charge is 2.24. The second-order valence-corrected chi connectivity index (χ2v) is 6.60. The number of pyridine rings is 1. The van der Waals surface area contributed by atoms with E-state index in [1.54, 1.807) is 0 Å². The van der Waals surface area contributed by atoms with E-state index in [0.29, 0.717) is 0 Å². The third kappa shape index (κ3) is 2.70. The predicted molar refractivity (Wildman–Crippen MR) is 97.3 cm³/mol. The van der Waals surface area contributed by atoms with Crippen molar-refractivity contribution in [1.29, 1.82) is 0 Å². The van der Waals surface area contributed by atoms with Crippen LogP contribution in [0.4, 0.5) is 0 Å². The maximum absolute atomic E-state index is 4.66. The van der Waals surface area contributed by atoms with Crippen molar-refractivity contribution in [3.8, 4) is 0 Å². The van der Waals surface area contributed by atoms with Gasteiger partial charge in [0.1, 0.15) is 0 Å². The molecule has 1 saturated carbocycles. The van der Waals surface area contributed by atoms with E-state index in [2.05, 4.69) is 65.9 Å². The Bertz CT molecular complexity index is 868. The maximum Gasteiger partial charge on any atom is 0.0872 e. The van der Waals surface area contributed by atoms with E-state index in [4.69, 9.17) is 0 Å². The molecule has 0 bridgehead atoms. The van der Waals surface area contributed by atoms with E-state index in [1.165, 1.54) is 40.6 Å². The van der Waals surface area contributed by atoms with Gasteiger partial charge in [0.15, 0.2) is 0 Å². The molecule has 3 aromatic rings. The number of nitrogens with zero attached hydrogens (tertiary/aromatic N) is 2. The normalized spacial score (nSPS) is 14.9. The van der Waals surface area contributed by atoms with Gasteiger partial charge < -0.3 is 4.57 Å². The Kier molecular flexibility index (Phi) is 3.53. The van der Waals surface area contributed by atoms with Crippen LogP contribution in [0.15, 0.2) is 42.6 Å². The molecule has 1 aliphatic carbocycles. The van der Waals surface area contributed by atoms with Crippen LogP contribution in [0.5, 0.6) is 0 Å². The lowest BCUT2D eigenvalue weighted by molar-refractivity contribution is 0.631. The van der Waals surface area contributed by atoms with E-state index >= 15 is 0 Å². The number of fused-ring (bicyclic) bond motifs is 1. The average Bonchev–Trinajstić information content (AvgIpc) is 3.37. The first-order valence-corrected chi connectivity index (χ1v) is 8.41. The third-order valence-electron chi connectivity index (χ3n) is 4.94. The second-order valence-electron chi connectivity index (χ2n) is 6.60. The van der Waals surface area contributed by atoms with Gasteiger partial charge in [-0.05, 0) is 55.9 Å². The predicted octanol–water partition coefficient (Wildman–Crippen LogP) is 5.23. The monoisotopic (exact) mass is 302 g/mol. The molecule has 1 fully saturated rings. The van der Waals surface area contributed by atoms with Gasteiger partial charge in [-0.3, -0.25) is 4.98 Å². The number of hydrogen-bond donors (Lipinski definition) is 0. The summed E-state index contributed by atoms with van der Waals surface area (Å²) in [5.74, 6) is 0.856. The zero-order valence-corrected chi connectivity index (χ0v) is 13.8. The van der Waals surface area contributed by atoms with Gasteiger partial charge in [-0.15, -0.1) is 0 Å². The van der Waals surface area contributed by atoms with Gasteiger partial charge in [0.2, 0.25) is 0 Å². The molecule has 0 spiro atoms. The first-order valence-electron chi connectivity index (χ1n) is 8.41. The zero-order chi connectivity index (χ0) is 15.8. The van der Waals surface area contributed by atoms with Crippen LogP contribution in [-0.4, -0.2) is 9.55 Å². The van der Waals surface area contributed by atoms with E-state index in [9.17, 15) is 0 Å². The van der Waals surface area contributed by atoms with Gasteiger partial charge in [-0.1, -0.05) is 36.4 Å². The molecule has 116 valence electrons. The molecule has 0 atom stereocenters. The summed E-state index contributed by atoms with van der Waals surface area (Å²) in [6, 6.07) is 12.6. The summed E-state index contributed by atoms with van der Waals surface area (Å²) < 4.78 is 2.49. The molecule has 0 saturated heterocycles. The summed E-state index contributed by atoms with van der Waals surface area (Å²) in [5.41, 5.74) is 6.34. The fraction of sp³-hybridized carbons (Fsp3) is 0.286. The average molecular weight is 302 g/mol. The van der Waals surface area contributed by atoms with Gasteiger partial charge in [0, 0.05) is 23.8 Å². The fourth-order valence-electron chi connectivity index (χ4n) is 3.27. The van der Waals surface area contributed by atoms with Crippen LogP contribution in [-0.2, 0) is 6.54 Å². The molecule has 2 heterocycles. The van der Waals surface area contributed by atoms with E-state index < -0.39 is 0 Å². The number of hydrogen-bond acceptors (Lipinski definition) is 1. The number of rotatable bonds is 4. The highest BCUT2D eigenvalue weighted by atomic mass is 15.0. The zero-order valence-electron chi connectivity index (χ0n) is 13.8. The molecule has 23 heavy (non-hydrogen) atoms. The Morgan fingerprint density at radius 1 is 1.09 bits per heavy atom. The van der Waals surface area contributed by atoms with E-state index in [-0.39, 0.29) is 0 Å². The number of aromatic nitrogens is 2. The van der Waals surface area contributed by atoms with Gasteiger partial charge in [0.05, 0.1) is 11.2 Å². The molecular formula is C21H22N2. The molecular weight excluding hydrogens is 280 g/mol. The minimum absolute atomic E-state index is 0.856. The van der Waals surface area contributed by atoms with Crippen LogP contribution in [0.3, 0.4) is 0 Å². The molecule has 1 aromatic carbocycles. The Balaban J connectivity index is 1.82. The van der Waals surface area contributed by atoms with E-state index in [0.717, 1.165) is 18.2 Å². The first-order chi connectivity index (χ1) is 11.2. The summed E-state index contributed by atoms with van der Waals surface area (Å²) in [4.78, 5) is 4.66. The number of aryl methyl sites for hydroxylation is 1. The molecule has 0 radical (unpaired) electrons. The Hall–Kier alpha value is -2.35. The maximum atomic E-state index is 4.66. The second kappa shape index (κ2) is 5.69. The third-order valence-corrected chi connectivity index (χ3v) is 4.94. The number of benzene rings is 1. The minimum atomic E-state index is 0.856. The molecule has 0 amide bonds. The van der Waals surface area contributed by atoms with Crippen molar-refractivity contribution in [3.05, 3.63) is 65.1 Å². The van der Waals surface area contributed by atoms with Crippen molar-refractivity contribution in [2.24, 2.45) is 5.92 Å². The van der Waals surface area contributed by atoms with Crippen molar-refractivity contribution >= 4 is 23.1 Å². The SMILES string of the molecule is Cc1c(C)n(CC2CC2)c2c(/C=C/c3ccccc3)nccc12. The van der Waals surface area contributed by atoms with Gasteiger partial charge in [-0.2, -0.15) is 0 Å². The lowest BCUT2D eigenvalue weighted by Gasteiger charge is -2.09. The summed E-state index contributed by atoms with van der Waals surface area (Å²) in [6.07, 6.45) is 8.98. The van der Waals surface area contributed by atoms with Crippen molar-refractivity contribution < 1.29 is 0 Å². The standard InChI is InChI=1S/C21H22N2/c1-15-16(2)23(14-18-8-9-18)21-19(15)12-13-22-20(21)11-10-17-6-4-3-5-7-17/h3-7,10-13,18H,8-9,14H2,1-2H3/b11-10+. The molecule has 4 rings (SSSR count). The molecule has 0 N–H and O–H groups in total. The van der Waals surface area contributed by atoms with Gasteiger partial charge >= 0.3 is 0 Å². The van der Waals surface area contributed by atoms with Crippen molar-refractivity contribution in [1.82, 2.24) is 9.55 Å². The molecule has 2 aromatic heterocycles. The van der Waals surface area contributed by atoms with Crippen molar-refractivity contribution in [3.63, 3.8) is 0 Å². The molecule has 1 aliphatic rings. The Morgan fingerprint density at radius 3 is 2.61 bits per heavy atom. The Morgan fingerprint density at radius 2 is 1.87 bits per heavy atom. The molecule has 2 nitrogen and oxygen atoms in total. The molecule has 2 heteroatoms. The summed E-state index contributed by atoms with van der Waals surface area (Å²) in [7, 11) is 0. The largest absolute Gasteiger partial charge is 0.343 e. The van der Waals surface area contributed by atoms with Crippen molar-refractivity contribution in [2.75, 3.05) is 0 Å². The topological polar surface area (TPSA) is 17.8 Å². The van der Waals surface area contributed by atoms with Crippen LogP contribution in [0.2, 0.25) is 0 Å². The van der Waals surface area contributed by atoms with Crippen LogP contribution in [0, 0.1) is 19.8 Å². The quantitative estimate of drug-likeness (QED) is 0.645. The lowest BCUT2D eigenvalue weighted by Crippen LogP contribution is -2.03. The van der Waals surface area contributed by atoms with Crippen LogP contribution < -0.4 is 0 Å². The Labute approximate surface area is 137 Å². The highest BCUT2D eigenvalue weighted by molar-refractivity contribution is 5.92. The minimum Gasteiger partial charge on any atom is -0.343 e. The lowest BCUT2D eigenvalue weighted by atomic mass is 10.1. The molecule has 0 unspecified atom stereocenters. The van der Waals surface area contributed by atoms with Crippen LogP contribution in [0.1, 0.15) is 35.4 Å². The van der Waals surface area contributed by atoms with Gasteiger partial charge in [-0.25, -0.2) is 0 Å². The van der Waals surface area contributed by atoms with Crippen LogP contribution >= 0.6 is 0 Å². The summed E-state index contributed by atoms with van der Waals surface area (Å²) in [6.45, 7) is 5.60. The summed E-state index contributed by atoms with van der Waals surface area (Å²) in [5, 5.41) is 1.34. The van der Waals surface area contributed by atoms with Crippen molar-refractivity contribution in [2.45, 2.75) is 33.2 Å². The van der Waals surface area contributed by atoms with Crippen LogP contribution in [0.25, 0.3) is 23.1 Å². The smallest absolute Gasteiger partial charge is 0.0872 e. The highest BCUT2D eigenvalue weighted by Crippen LogP contribution is 2.35.